The minimum absolute atomic E-state index is 0.0526. The molecule has 0 bridgehead atoms. The van der Waals surface area contributed by atoms with Gasteiger partial charge >= 0.3 is 0 Å². The van der Waals surface area contributed by atoms with Gasteiger partial charge in [0.2, 0.25) is 15.9 Å². The number of primary sulfonamides is 1. The molecular formula is C16H27N3O3S. The van der Waals surface area contributed by atoms with Crippen LogP contribution in [-0.4, -0.2) is 38.9 Å². The molecule has 6 nitrogen and oxygen atoms in total. The van der Waals surface area contributed by atoms with Crippen molar-refractivity contribution in [2.24, 2.45) is 11.1 Å². The maximum atomic E-state index is 12.1. The summed E-state index contributed by atoms with van der Waals surface area (Å²) in [4.78, 5) is 14.0. The Bertz CT molecular complexity index is 644. The van der Waals surface area contributed by atoms with Gasteiger partial charge in [-0.2, -0.15) is 0 Å². The zero-order valence-electron chi connectivity index (χ0n) is 14.4. The molecule has 0 spiro atoms. The molecule has 1 aromatic carbocycles. The average molecular weight is 341 g/mol. The van der Waals surface area contributed by atoms with Crippen molar-refractivity contribution in [1.82, 2.24) is 10.2 Å². The summed E-state index contributed by atoms with van der Waals surface area (Å²) in [6.07, 6.45) is 0. The van der Waals surface area contributed by atoms with Crippen LogP contribution in [0.2, 0.25) is 0 Å². The van der Waals surface area contributed by atoms with Crippen LogP contribution in [0.5, 0.6) is 0 Å². The number of hydrogen-bond donors (Lipinski definition) is 2. The molecule has 1 rings (SSSR count). The van der Waals surface area contributed by atoms with E-state index in [0.29, 0.717) is 5.92 Å². The van der Waals surface area contributed by atoms with Crippen LogP contribution in [0.3, 0.4) is 0 Å². The number of nitrogens with one attached hydrogen (secondary N) is 1. The van der Waals surface area contributed by atoms with E-state index in [9.17, 15) is 13.2 Å². The fourth-order valence-corrected chi connectivity index (χ4v) is 2.60. The number of carbonyl (C=O) groups is 1. The molecule has 7 heteroatoms. The lowest BCUT2D eigenvalue weighted by molar-refractivity contribution is -0.123. The first-order valence-corrected chi connectivity index (χ1v) is 9.19. The Balaban J connectivity index is 2.77. The largest absolute Gasteiger partial charge is 0.352 e. The van der Waals surface area contributed by atoms with Gasteiger partial charge in [-0.25, -0.2) is 13.6 Å². The van der Waals surface area contributed by atoms with Crippen molar-refractivity contribution >= 4 is 15.9 Å². The molecule has 0 heterocycles. The Kier molecular flexibility index (Phi) is 6.73. The van der Waals surface area contributed by atoms with Gasteiger partial charge in [0, 0.05) is 12.1 Å². The zero-order chi connectivity index (χ0) is 17.8. The van der Waals surface area contributed by atoms with Crippen LogP contribution in [0.4, 0.5) is 0 Å². The lowest BCUT2D eigenvalue weighted by atomic mass is 10.1. The Hall–Kier alpha value is -1.44. The molecule has 0 aromatic heterocycles. The molecule has 0 unspecified atom stereocenters. The van der Waals surface area contributed by atoms with E-state index in [4.69, 9.17) is 5.14 Å². The fraction of sp³-hybridized carbons (Fsp3) is 0.562. The van der Waals surface area contributed by atoms with E-state index in [2.05, 4.69) is 19.2 Å². The van der Waals surface area contributed by atoms with Crippen LogP contribution in [0.25, 0.3) is 0 Å². The second-order valence-electron chi connectivity index (χ2n) is 6.31. The van der Waals surface area contributed by atoms with Gasteiger partial charge in [0.15, 0.2) is 0 Å². The molecular weight excluding hydrogens is 314 g/mol. The Morgan fingerprint density at radius 2 is 1.87 bits per heavy atom. The van der Waals surface area contributed by atoms with Crippen molar-refractivity contribution in [3.8, 4) is 0 Å². The van der Waals surface area contributed by atoms with Crippen molar-refractivity contribution in [2.45, 2.75) is 44.7 Å². The molecule has 3 N–H and O–H groups in total. The van der Waals surface area contributed by atoms with Crippen molar-refractivity contribution < 1.29 is 13.2 Å². The molecule has 1 aromatic rings. The van der Waals surface area contributed by atoms with Gasteiger partial charge in [0.05, 0.1) is 11.4 Å². The molecule has 130 valence electrons. The number of likely N-dealkylation sites (N-methyl/N-ethyl adjacent to an activating group) is 1. The van der Waals surface area contributed by atoms with Gasteiger partial charge in [-0.1, -0.05) is 26.0 Å². The number of rotatable bonds is 7. The summed E-state index contributed by atoms with van der Waals surface area (Å²) in [6.45, 7) is 8.23. The van der Waals surface area contributed by atoms with Gasteiger partial charge in [-0.3, -0.25) is 9.69 Å². The summed E-state index contributed by atoms with van der Waals surface area (Å²) >= 11 is 0. The van der Waals surface area contributed by atoms with Crippen molar-refractivity contribution in [3.05, 3.63) is 29.8 Å². The van der Waals surface area contributed by atoms with E-state index < -0.39 is 10.0 Å². The third kappa shape index (κ3) is 5.93. The molecule has 0 aliphatic heterocycles. The topological polar surface area (TPSA) is 92.5 Å². The Morgan fingerprint density at radius 3 is 2.39 bits per heavy atom. The normalized spacial score (nSPS) is 14.8. The summed E-state index contributed by atoms with van der Waals surface area (Å²) in [6, 6.07) is 6.48. The second kappa shape index (κ2) is 7.90. The molecule has 0 aliphatic rings. The first-order chi connectivity index (χ1) is 10.5. The molecule has 0 aliphatic carbocycles. The number of benzene rings is 1. The fourth-order valence-electron chi connectivity index (χ4n) is 2.04. The van der Waals surface area contributed by atoms with Crippen LogP contribution in [0, 0.1) is 5.92 Å². The summed E-state index contributed by atoms with van der Waals surface area (Å²) < 4.78 is 22.9. The van der Waals surface area contributed by atoms with E-state index in [1.165, 1.54) is 6.07 Å². The zero-order valence-corrected chi connectivity index (χ0v) is 15.2. The van der Waals surface area contributed by atoms with Crippen LogP contribution >= 0.6 is 0 Å². The molecule has 0 saturated heterocycles. The minimum Gasteiger partial charge on any atom is -0.352 e. The number of hydrogen-bond acceptors (Lipinski definition) is 4. The molecule has 1 amide bonds. The van der Waals surface area contributed by atoms with Crippen LogP contribution < -0.4 is 10.5 Å². The maximum absolute atomic E-state index is 12.1. The number of carbonyl (C=O) groups excluding carboxylic acids is 1. The Morgan fingerprint density at radius 1 is 1.26 bits per heavy atom. The maximum Gasteiger partial charge on any atom is 0.238 e. The van der Waals surface area contributed by atoms with E-state index >= 15 is 0 Å². The summed E-state index contributed by atoms with van der Waals surface area (Å²) in [5.41, 5.74) is 0.795. The van der Waals surface area contributed by atoms with E-state index in [0.717, 1.165) is 5.56 Å². The van der Waals surface area contributed by atoms with Gasteiger partial charge in [0.1, 0.15) is 0 Å². The SMILES string of the molecule is CC(C)[C@@H](C)NC(=O)CN(C)[C@@H](C)c1cccc(S(N)(=O)=O)c1. The number of nitrogens with zero attached hydrogens (tertiary/aromatic N) is 1. The standard InChI is InChI=1S/C16H27N3O3S/c1-11(2)12(3)18-16(20)10-19(5)13(4)14-7-6-8-15(9-14)23(17,21)22/h6-9,11-13H,10H2,1-5H3,(H,18,20)(H2,17,21,22)/t12-,13+/m1/s1. The average Bonchev–Trinajstić information content (AvgIpc) is 2.45. The molecule has 23 heavy (non-hydrogen) atoms. The monoisotopic (exact) mass is 341 g/mol. The highest BCUT2D eigenvalue weighted by molar-refractivity contribution is 7.89. The summed E-state index contributed by atoms with van der Waals surface area (Å²) in [5, 5.41) is 8.12. The first-order valence-electron chi connectivity index (χ1n) is 7.64. The molecule has 2 atom stereocenters. The number of nitrogens with two attached hydrogens (primary N) is 1. The number of amides is 1. The lowest BCUT2D eigenvalue weighted by Gasteiger charge is -2.26. The second-order valence-corrected chi connectivity index (χ2v) is 7.87. The van der Waals surface area contributed by atoms with E-state index in [1.54, 1.807) is 12.1 Å². The van der Waals surface area contributed by atoms with E-state index in [-0.39, 0.29) is 29.4 Å². The first kappa shape index (κ1) is 19.6. The molecule has 0 fully saturated rings. The molecule has 0 radical (unpaired) electrons. The highest BCUT2D eigenvalue weighted by Gasteiger charge is 2.18. The van der Waals surface area contributed by atoms with Gasteiger partial charge in [0.25, 0.3) is 0 Å². The van der Waals surface area contributed by atoms with Crippen molar-refractivity contribution in [3.63, 3.8) is 0 Å². The lowest BCUT2D eigenvalue weighted by Crippen LogP contribution is -2.42. The summed E-state index contributed by atoms with van der Waals surface area (Å²) in [7, 11) is -1.90. The van der Waals surface area contributed by atoms with Crippen LogP contribution in [0.15, 0.2) is 29.2 Å². The smallest absolute Gasteiger partial charge is 0.238 e. The predicted molar refractivity (Wildman–Crippen MR) is 91.3 cm³/mol. The van der Waals surface area contributed by atoms with Crippen molar-refractivity contribution in [2.75, 3.05) is 13.6 Å². The van der Waals surface area contributed by atoms with Gasteiger partial charge < -0.3 is 5.32 Å². The third-order valence-electron chi connectivity index (χ3n) is 4.11. The highest BCUT2D eigenvalue weighted by atomic mass is 32.2. The van der Waals surface area contributed by atoms with E-state index in [1.807, 2.05) is 31.9 Å². The van der Waals surface area contributed by atoms with Crippen LogP contribution in [-0.2, 0) is 14.8 Å². The summed E-state index contributed by atoms with van der Waals surface area (Å²) in [5.74, 6) is 0.316. The van der Waals surface area contributed by atoms with Gasteiger partial charge in [-0.15, -0.1) is 0 Å². The number of sulfonamides is 1. The van der Waals surface area contributed by atoms with Crippen molar-refractivity contribution in [1.29, 1.82) is 0 Å². The third-order valence-corrected chi connectivity index (χ3v) is 5.02. The highest BCUT2D eigenvalue weighted by Crippen LogP contribution is 2.21. The quantitative estimate of drug-likeness (QED) is 0.786. The Labute approximate surface area is 139 Å². The van der Waals surface area contributed by atoms with Crippen LogP contribution in [0.1, 0.15) is 39.3 Å². The molecule has 0 saturated carbocycles. The minimum atomic E-state index is -3.73. The van der Waals surface area contributed by atoms with Gasteiger partial charge in [-0.05, 0) is 44.5 Å². The predicted octanol–water partition coefficient (Wildman–Crippen LogP) is 1.49.